The lowest BCUT2D eigenvalue weighted by molar-refractivity contribution is 0.0697. The molecule has 0 fully saturated rings. The number of benzene rings is 2. The predicted octanol–water partition coefficient (Wildman–Crippen LogP) is 3.96. The molecule has 5 rings (SSSR count). The molecule has 0 saturated heterocycles. The Morgan fingerprint density at radius 2 is 1.88 bits per heavy atom. The van der Waals surface area contributed by atoms with E-state index in [1.54, 1.807) is 36.6 Å². The lowest BCUT2D eigenvalue weighted by atomic mass is 9.78. The lowest BCUT2D eigenvalue weighted by Crippen LogP contribution is -2.45. The highest BCUT2D eigenvalue weighted by atomic mass is 19.1. The van der Waals surface area contributed by atoms with Gasteiger partial charge in [0.05, 0.1) is 35.0 Å². The Morgan fingerprint density at radius 1 is 1.18 bits per heavy atom. The highest BCUT2D eigenvalue weighted by Crippen LogP contribution is 2.43. The van der Waals surface area contributed by atoms with E-state index in [1.165, 1.54) is 30.3 Å². The molecule has 0 radical (unpaired) electrons. The number of aliphatic imine (C=N–C) groups is 1. The summed E-state index contributed by atoms with van der Waals surface area (Å²) in [5, 5.41) is 18.3. The molecule has 2 N–H and O–H groups in total. The highest BCUT2D eigenvalue weighted by Gasteiger charge is 2.50. The summed E-state index contributed by atoms with van der Waals surface area (Å²) in [6.45, 7) is 2.06. The van der Waals surface area contributed by atoms with Crippen LogP contribution >= 0.6 is 0 Å². The van der Waals surface area contributed by atoms with Gasteiger partial charge in [-0.15, -0.1) is 0 Å². The van der Waals surface area contributed by atoms with Crippen LogP contribution in [0.2, 0.25) is 0 Å². The first kappa shape index (κ1) is 21.6. The van der Waals surface area contributed by atoms with E-state index in [9.17, 15) is 13.6 Å². The number of hydrogen-bond donors (Lipinski definition) is 2. The Hall–Kier alpha value is -4.21. The number of aromatic nitrogens is 2. The fraction of sp³-hybridized carbons (Fsp3) is 0.208. The van der Waals surface area contributed by atoms with Gasteiger partial charge in [0.15, 0.2) is 0 Å². The zero-order valence-corrected chi connectivity index (χ0v) is 18.3. The van der Waals surface area contributed by atoms with Gasteiger partial charge in [-0.05, 0) is 43.3 Å². The molecule has 0 spiro atoms. The largest absolute Gasteiger partial charge is 0.478 e. The van der Waals surface area contributed by atoms with Crippen LogP contribution in [0.15, 0.2) is 58.8 Å². The number of halogens is 2. The van der Waals surface area contributed by atoms with E-state index >= 15 is 0 Å². The monoisotopic (exact) mass is 462 g/mol. The molecule has 0 saturated carbocycles. The number of anilines is 2. The molecule has 8 nitrogen and oxygen atoms in total. The van der Waals surface area contributed by atoms with Crippen LogP contribution in [0.3, 0.4) is 0 Å². The second-order valence-electron chi connectivity index (χ2n) is 8.29. The molecule has 3 aromatic rings. The van der Waals surface area contributed by atoms with Gasteiger partial charge in [0.25, 0.3) is 0 Å². The van der Waals surface area contributed by atoms with Gasteiger partial charge in [-0.25, -0.2) is 23.5 Å². The topological polar surface area (TPSA) is 103 Å². The number of hydrazone groups is 1. The zero-order chi connectivity index (χ0) is 24.0. The van der Waals surface area contributed by atoms with Crippen molar-refractivity contribution >= 4 is 29.5 Å². The molecular formula is C24H20F2N6O2. The van der Waals surface area contributed by atoms with Crippen LogP contribution in [0.4, 0.5) is 20.4 Å². The van der Waals surface area contributed by atoms with Crippen molar-refractivity contribution in [3.63, 3.8) is 0 Å². The molecule has 2 atom stereocenters. The second-order valence-corrected chi connectivity index (χ2v) is 8.29. The van der Waals surface area contributed by atoms with E-state index in [1.807, 2.05) is 6.92 Å². The van der Waals surface area contributed by atoms with E-state index < -0.39 is 29.1 Å². The molecule has 0 aliphatic carbocycles. The SMILES string of the molecule is CN1N=CC2C(c3c(F)cccc3F)=NCc3cnc(Nc4ccc(C(=O)O)cc4)nc3C21C. The number of nitrogens with one attached hydrogen (secondary N) is 1. The van der Waals surface area contributed by atoms with Crippen molar-refractivity contribution in [3.05, 3.63) is 82.7 Å². The fourth-order valence-corrected chi connectivity index (χ4v) is 4.36. The summed E-state index contributed by atoms with van der Waals surface area (Å²) in [5.41, 5.74) is 1.35. The van der Waals surface area contributed by atoms with Gasteiger partial charge in [0, 0.05) is 30.7 Å². The van der Waals surface area contributed by atoms with Crippen molar-refractivity contribution in [2.45, 2.75) is 19.0 Å². The maximum absolute atomic E-state index is 14.7. The van der Waals surface area contributed by atoms with Crippen molar-refractivity contribution < 1.29 is 18.7 Å². The second kappa shape index (κ2) is 7.98. The lowest BCUT2D eigenvalue weighted by Gasteiger charge is -2.36. The van der Waals surface area contributed by atoms with Crippen molar-refractivity contribution in [1.29, 1.82) is 0 Å². The first-order valence-electron chi connectivity index (χ1n) is 10.5. The average Bonchev–Trinajstić information content (AvgIpc) is 3.05. The van der Waals surface area contributed by atoms with Gasteiger partial charge in [-0.2, -0.15) is 5.10 Å². The van der Waals surface area contributed by atoms with Crippen molar-refractivity contribution in [3.8, 4) is 0 Å². The number of aromatic carboxylic acids is 1. The highest BCUT2D eigenvalue weighted by molar-refractivity contribution is 6.12. The molecule has 172 valence electrons. The minimum atomic E-state index is -1.02. The van der Waals surface area contributed by atoms with Crippen molar-refractivity contribution in [1.82, 2.24) is 15.0 Å². The van der Waals surface area contributed by atoms with E-state index in [0.717, 1.165) is 0 Å². The van der Waals surface area contributed by atoms with Gasteiger partial charge in [0.1, 0.15) is 17.2 Å². The maximum Gasteiger partial charge on any atom is 0.335 e. The van der Waals surface area contributed by atoms with E-state index in [-0.39, 0.29) is 23.4 Å². The summed E-state index contributed by atoms with van der Waals surface area (Å²) in [6.07, 6.45) is 3.27. The van der Waals surface area contributed by atoms with Crippen LogP contribution in [0.5, 0.6) is 0 Å². The third-order valence-electron chi connectivity index (χ3n) is 6.33. The van der Waals surface area contributed by atoms with Crippen LogP contribution in [0, 0.1) is 17.6 Å². The van der Waals surface area contributed by atoms with E-state index in [4.69, 9.17) is 10.1 Å². The first-order valence-corrected chi connectivity index (χ1v) is 10.5. The summed E-state index contributed by atoms with van der Waals surface area (Å²) in [4.78, 5) is 24.8. The Bertz CT molecular complexity index is 1340. The summed E-state index contributed by atoms with van der Waals surface area (Å²) in [5.74, 6) is -2.65. The number of carboxylic acids is 1. The van der Waals surface area contributed by atoms with Gasteiger partial charge in [-0.1, -0.05) is 6.07 Å². The normalized spacial score (nSPS) is 20.9. The van der Waals surface area contributed by atoms with Crippen LogP contribution in [-0.4, -0.2) is 45.0 Å². The number of rotatable bonds is 4. The molecule has 2 aliphatic rings. The summed E-state index contributed by atoms with van der Waals surface area (Å²) >= 11 is 0. The molecule has 2 unspecified atom stereocenters. The molecule has 2 aliphatic heterocycles. The number of hydrogen-bond acceptors (Lipinski definition) is 7. The number of nitrogens with zero attached hydrogens (tertiary/aromatic N) is 5. The molecule has 0 amide bonds. The molecule has 1 aromatic heterocycles. The predicted molar refractivity (Wildman–Crippen MR) is 122 cm³/mol. The quantitative estimate of drug-likeness (QED) is 0.608. The number of fused-ring (bicyclic) bond motifs is 3. The molecule has 0 bridgehead atoms. The summed E-state index contributed by atoms with van der Waals surface area (Å²) in [7, 11) is 1.78. The molecule has 34 heavy (non-hydrogen) atoms. The minimum Gasteiger partial charge on any atom is -0.478 e. The Labute approximate surface area is 193 Å². The first-order chi connectivity index (χ1) is 16.3. The van der Waals surface area contributed by atoms with Crippen LogP contribution in [-0.2, 0) is 12.1 Å². The Balaban J connectivity index is 1.55. The number of carbonyl (C=O) groups is 1. The third-order valence-corrected chi connectivity index (χ3v) is 6.33. The smallest absolute Gasteiger partial charge is 0.335 e. The number of carboxylic acid groups (broad SMARTS) is 1. The molecule has 3 heterocycles. The Kier molecular flexibility index (Phi) is 5.07. The standard InChI is InChI=1S/C24H20F2N6O2/c1-24-16(12-29-32(24)2)20(19-17(25)4-3-5-18(19)26)27-10-14-11-28-23(31-21(14)24)30-15-8-6-13(7-9-15)22(33)34/h3-9,11-12,16H,10H2,1-2H3,(H,33,34)(H,28,30,31). The summed E-state index contributed by atoms with van der Waals surface area (Å²) < 4.78 is 29.4. The van der Waals surface area contributed by atoms with Crippen LogP contribution in [0.25, 0.3) is 0 Å². The fourth-order valence-electron chi connectivity index (χ4n) is 4.36. The van der Waals surface area contributed by atoms with Gasteiger partial charge in [0.2, 0.25) is 5.95 Å². The zero-order valence-electron chi connectivity index (χ0n) is 18.3. The van der Waals surface area contributed by atoms with Crippen LogP contribution < -0.4 is 5.32 Å². The third kappa shape index (κ3) is 3.38. The van der Waals surface area contributed by atoms with Gasteiger partial charge < -0.3 is 10.4 Å². The Morgan fingerprint density at radius 3 is 2.56 bits per heavy atom. The van der Waals surface area contributed by atoms with E-state index in [2.05, 4.69) is 20.4 Å². The minimum absolute atomic E-state index is 0.153. The van der Waals surface area contributed by atoms with Crippen molar-refractivity contribution in [2.75, 3.05) is 12.4 Å². The molecule has 10 heteroatoms. The maximum atomic E-state index is 14.7. The van der Waals surface area contributed by atoms with Crippen molar-refractivity contribution in [2.24, 2.45) is 16.0 Å². The average molecular weight is 462 g/mol. The molecular weight excluding hydrogens is 442 g/mol. The van der Waals surface area contributed by atoms with Gasteiger partial charge in [-0.3, -0.25) is 10.0 Å². The summed E-state index contributed by atoms with van der Waals surface area (Å²) in [6, 6.07) is 9.94. The molecule has 2 aromatic carbocycles. The van der Waals surface area contributed by atoms with E-state index in [0.29, 0.717) is 22.9 Å². The van der Waals surface area contributed by atoms with Crippen LogP contribution in [0.1, 0.15) is 34.1 Å². The van der Waals surface area contributed by atoms with Gasteiger partial charge >= 0.3 is 5.97 Å².